The number of unbranched alkanes of at least 4 members (excludes halogenated alkanes) is 7. The number of rotatable bonds is 24. The minimum atomic E-state index is -0.812. The van der Waals surface area contributed by atoms with E-state index in [1.54, 1.807) is 12.2 Å². The lowest BCUT2D eigenvalue weighted by molar-refractivity contribution is -0.161. The lowest BCUT2D eigenvalue weighted by atomic mass is 10.1. The van der Waals surface area contributed by atoms with Gasteiger partial charge in [-0.05, 0) is 44.6 Å². The molecule has 0 aromatic carbocycles. The fourth-order valence-corrected chi connectivity index (χ4v) is 3.38. The van der Waals surface area contributed by atoms with Crippen molar-refractivity contribution >= 4 is 17.7 Å². The van der Waals surface area contributed by atoms with Gasteiger partial charge in [0.2, 0.25) is 0 Å². The van der Waals surface area contributed by atoms with E-state index in [2.05, 4.69) is 32.1 Å². The number of hydrogen-bond donors (Lipinski definition) is 1. The van der Waals surface area contributed by atoms with E-state index < -0.39 is 12.1 Å². The van der Waals surface area contributed by atoms with Crippen LogP contribution in [0.25, 0.3) is 0 Å². The molecule has 0 aliphatic rings. The molecule has 210 valence electrons. The Morgan fingerprint density at radius 1 is 0.703 bits per heavy atom. The minimum Gasteiger partial charge on any atom is -0.462 e. The van der Waals surface area contributed by atoms with Crippen molar-refractivity contribution in [2.75, 3.05) is 13.2 Å². The van der Waals surface area contributed by atoms with E-state index >= 15 is 0 Å². The van der Waals surface area contributed by atoms with Crippen LogP contribution in [0, 0.1) is 0 Å². The van der Waals surface area contributed by atoms with Crippen molar-refractivity contribution in [1.82, 2.24) is 0 Å². The molecule has 0 saturated carbocycles. The number of aliphatic hydroxyl groups is 1. The number of ether oxygens (including phenoxy) is 2. The Labute approximate surface area is 224 Å². The molecule has 1 N–H and O–H groups in total. The summed E-state index contributed by atoms with van der Waals surface area (Å²) in [6.45, 7) is 3.79. The average molecular weight is 519 g/mol. The van der Waals surface area contributed by atoms with Gasteiger partial charge in [-0.15, -0.1) is 0 Å². The third-order valence-corrected chi connectivity index (χ3v) is 5.60. The molecule has 0 fully saturated rings. The van der Waals surface area contributed by atoms with Crippen molar-refractivity contribution in [3.8, 4) is 0 Å². The Bertz CT molecular complexity index is 704. The predicted octanol–water partition coefficient (Wildman–Crippen LogP) is 7.12. The smallest absolute Gasteiger partial charge is 0.306 e. The highest BCUT2D eigenvalue weighted by molar-refractivity contribution is 5.89. The zero-order valence-electron chi connectivity index (χ0n) is 23.2. The van der Waals surface area contributed by atoms with E-state index in [9.17, 15) is 19.5 Å². The molecule has 0 amide bonds. The van der Waals surface area contributed by atoms with Gasteiger partial charge in [-0.1, -0.05) is 94.9 Å². The molecule has 0 bridgehead atoms. The van der Waals surface area contributed by atoms with Crippen molar-refractivity contribution in [3.05, 3.63) is 48.6 Å². The summed E-state index contributed by atoms with van der Waals surface area (Å²) in [6, 6.07) is 0. The molecule has 0 unspecified atom stereocenters. The van der Waals surface area contributed by atoms with Gasteiger partial charge >= 0.3 is 11.9 Å². The van der Waals surface area contributed by atoms with Gasteiger partial charge in [-0.3, -0.25) is 14.4 Å². The maximum Gasteiger partial charge on any atom is 0.306 e. The first-order valence-electron chi connectivity index (χ1n) is 14.1. The van der Waals surface area contributed by atoms with Crippen LogP contribution in [0.4, 0.5) is 0 Å². The largest absolute Gasteiger partial charge is 0.462 e. The summed E-state index contributed by atoms with van der Waals surface area (Å²) in [7, 11) is 0. The van der Waals surface area contributed by atoms with Crippen LogP contribution in [0.2, 0.25) is 0 Å². The van der Waals surface area contributed by atoms with Crippen LogP contribution < -0.4 is 0 Å². The Morgan fingerprint density at radius 3 is 2.05 bits per heavy atom. The maximum absolute atomic E-state index is 12.0. The molecule has 6 nitrogen and oxygen atoms in total. The number of carbonyl (C=O) groups is 3. The van der Waals surface area contributed by atoms with Gasteiger partial charge in [-0.25, -0.2) is 0 Å². The van der Waals surface area contributed by atoms with Gasteiger partial charge in [-0.2, -0.15) is 0 Å². The molecule has 0 radical (unpaired) electrons. The van der Waals surface area contributed by atoms with E-state index in [4.69, 9.17) is 9.47 Å². The van der Waals surface area contributed by atoms with E-state index in [1.165, 1.54) is 6.42 Å². The number of carbonyl (C=O) groups excluding carboxylic acids is 3. The monoisotopic (exact) mass is 518 g/mol. The van der Waals surface area contributed by atoms with Gasteiger partial charge in [0.15, 0.2) is 11.9 Å². The molecule has 0 aromatic heterocycles. The van der Waals surface area contributed by atoms with Crippen LogP contribution in [-0.4, -0.2) is 42.1 Å². The summed E-state index contributed by atoms with van der Waals surface area (Å²) in [5.74, 6) is -0.529. The third-order valence-electron chi connectivity index (χ3n) is 5.60. The van der Waals surface area contributed by atoms with Crippen LogP contribution in [0.3, 0.4) is 0 Å². The van der Waals surface area contributed by atoms with Gasteiger partial charge in [0.1, 0.15) is 6.61 Å². The number of allylic oxidation sites excluding steroid dienone is 8. The van der Waals surface area contributed by atoms with Crippen molar-refractivity contribution in [2.24, 2.45) is 0 Å². The van der Waals surface area contributed by atoms with Crippen LogP contribution >= 0.6 is 0 Å². The van der Waals surface area contributed by atoms with Crippen LogP contribution in [-0.2, 0) is 23.9 Å². The summed E-state index contributed by atoms with van der Waals surface area (Å²) in [4.78, 5) is 35.3. The molecule has 1 atom stereocenters. The first kappa shape index (κ1) is 34.5. The number of esters is 2. The van der Waals surface area contributed by atoms with Crippen molar-refractivity contribution in [1.29, 1.82) is 0 Å². The zero-order chi connectivity index (χ0) is 27.4. The number of aliphatic hydroxyl groups excluding tert-OH is 1. The SMILES string of the molecule is CCCCCCCC(=O)OC[C@H](CO)OC(=O)CCC/C=C\C/C=C\C/C=C\C=C\C(=O)CCCCC. The summed E-state index contributed by atoms with van der Waals surface area (Å²) < 4.78 is 10.3. The lowest BCUT2D eigenvalue weighted by Crippen LogP contribution is -2.28. The molecule has 0 aliphatic carbocycles. The van der Waals surface area contributed by atoms with Crippen molar-refractivity contribution in [3.63, 3.8) is 0 Å². The molecule has 0 rings (SSSR count). The topological polar surface area (TPSA) is 89.9 Å². The fraction of sp³-hybridized carbons (Fsp3) is 0.645. The minimum absolute atomic E-state index is 0.106. The molecule has 37 heavy (non-hydrogen) atoms. The van der Waals surface area contributed by atoms with Crippen molar-refractivity contribution in [2.45, 2.75) is 116 Å². The molecule has 6 heteroatoms. The van der Waals surface area contributed by atoms with Gasteiger partial charge < -0.3 is 14.6 Å². The molecule has 0 aliphatic heterocycles. The normalized spacial score (nSPS) is 12.7. The zero-order valence-corrected chi connectivity index (χ0v) is 23.2. The van der Waals surface area contributed by atoms with Gasteiger partial charge in [0.25, 0.3) is 0 Å². The highest BCUT2D eigenvalue weighted by Gasteiger charge is 2.15. The summed E-state index contributed by atoms with van der Waals surface area (Å²) in [5, 5.41) is 9.38. The highest BCUT2D eigenvalue weighted by Crippen LogP contribution is 2.07. The van der Waals surface area contributed by atoms with Gasteiger partial charge in [0, 0.05) is 19.3 Å². The van der Waals surface area contributed by atoms with E-state index in [0.717, 1.165) is 64.2 Å². The molecule has 0 heterocycles. The summed E-state index contributed by atoms with van der Waals surface area (Å²) in [6.07, 6.45) is 27.5. The Hall–Kier alpha value is -2.47. The average Bonchev–Trinajstić information content (AvgIpc) is 2.89. The first-order chi connectivity index (χ1) is 18.0. The van der Waals surface area contributed by atoms with Gasteiger partial charge in [0.05, 0.1) is 6.61 Å². The van der Waals surface area contributed by atoms with E-state index in [1.807, 2.05) is 18.2 Å². The number of ketones is 1. The standard InChI is InChI=1S/C31H50O6/c1-3-5-7-15-20-24-30(34)36-27-29(26-32)37-31(35)25-21-17-14-12-10-8-9-11-13-16-19-23-28(33)22-18-6-4-2/h8-9,12-14,16,19,23,29,32H,3-7,10-11,15,17-18,20-22,24-27H2,1-2H3/b9-8-,14-12-,16-13-,23-19+/t29-/m0/s1. The summed E-state index contributed by atoms with van der Waals surface area (Å²) >= 11 is 0. The maximum atomic E-state index is 12.0. The van der Waals surface area contributed by atoms with Crippen LogP contribution in [0.15, 0.2) is 48.6 Å². The van der Waals surface area contributed by atoms with E-state index in [0.29, 0.717) is 19.3 Å². The predicted molar refractivity (Wildman–Crippen MR) is 150 cm³/mol. The lowest BCUT2D eigenvalue weighted by Gasteiger charge is -2.15. The van der Waals surface area contributed by atoms with Crippen LogP contribution in [0.1, 0.15) is 110 Å². The molecule has 0 aromatic rings. The van der Waals surface area contributed by atoms with Crippen LogP contribution in [0.5, 0.6) is 0 Å². The Balaban J connectivity index is 3.83. The molecule has 0 spiro atoms. The Kier molecular flexibility index (Phi) is 24.8. The second-order valence-electron chi connectivity index (χ2n) is 9.16. The third kappa shape index (κ3) is 25.0. The number of hydrogen-bond acceptors (Lipinski definition) is 6. The second kappa shape index (κ2) is 26.6. The first-order valence-corrected chi connectivity index (χ1v) is 14.1. The molecular weight excluding hydrogens is 468 g/mol. The van der Waals surface area contributed by atoms with E-state index in [-0.39, 0.29) is 31.4 Å². The summed E-state index contributed by atoms with van der Waals surface area (Å²) in [5.41, 5.74) is 0. The quantitative estimate of drug-likeness (QED) is 0.0481. The molecular formula is C31H50O6. The molecule has 0 saturated heterocycles. The fourth-order valence-electron chi connectivity index (χ4n) is 3.38. The van der Waals surface area contributed by atoms with Crippen molar-refractivity contribution < 1.29 is 29.0 Å². The Morgan fingerprint density at radius 2 is 1.32 bits per heavy atom. The highest BCUT2D eigenvalue weighted by atomic mass is 16.6. The second-order valence-corrected chi connectivity index (χ2v) is 9.16.